The third-order valence-corrected chi connectivity index (χ3v) is 3.98. The molecule has 0 amide bonds. The minimum atomic E-state index is -0.300. The Morgan fingerprint density at radius 3 is 2.86 bits per heavy atom. The van der Waals surface area contributed by atoms with Crippen molar-refractivity contribution >= 4 is 38.7 Å². The minimum absolute atomic E-state index is 0.300. The molecule has 0 radical (unpaired) electrons. The van der Waals surface area contributed by atoms with E-state index in [-0.39, 0.29) is 5.82 Å². The van der Waals surface area contributed by atoms with E-state index in [2.05, 4.69) is 25.9 Å². The van der Waals surface area contributed by atoms with E-state index < -0.39 is 0 Å². The van der Waals surface area contributed by atoms with Crippen LogP contribution in [0.25, 0.3) is 16.9 Å². The van der Waals surface area contributed by atoms with Crippen LogP contribution in [-0.4, -0.2) is 20.4 Å². The van der Waals surface area contributed by atoms with E-state index in [4.69, 9.17) is 11.6 Å². The fourth-order valence-corrected chi connectivity index (χ4v) is 2.80. The molecule has 0 fully saturated rings. The molecule has 6 heteroatoms. The highest BCUT2D eigenvalue weighted by molar-refractivity contribution is 9.10. The van der Waals surface area contributed by atoms with E-state index in [0.29, 0.717) is 16.8 Å². The van der Waals surface area contributed by atoms with E-state index in [0.717, 1.165) is 28.2 Å². The van der Waals surface area contributed by atoms with Crippen LogP contribution < -0.4 is 0 Å². The summed E-state index contributed by atoms with van der Waals surface area (Å²) in [6.45, 7) is 1.97. The van der Waals surface area contributed by atoms with Gasteiger partial charge in [0.25, 0.3) is 0 Å². The van der Waals surface area contributed by atoms with Gasteiger partial charge in [-0.15, -0.1) is 11.6 Å². The average Bonchev–Trinajstić information content (AvgIpc) is 2.79. The Labute approximate surface area is 134 Å². The molecule has 0 saturated heterocycles. The number of nitrogens with zero attached hydrogens (tertiary/aromatic N) is 3. The monoisotopic (exact) mass is 367 g/mol. The summed E-state index contributed by atoms with van der Waals surface area (Å²) in [6.07, 6.45) is 2.41. The van der Waals surface area contributed by atoms with Crippen molar-refractivity contribution < 1.29 is 4.39 Å². The van der Waals surface area contributed by atoms with Crippen molar-refractivity contribution in [1.82, 2.24) is 14.5 Å². The van der Waals surface area contributed by atoms with Crippen LogP contribution in [0.3, 0.4) is 0 Å². The van der Waals surface area contributed by atoms with Crippen molar-refractivity contribution in [2.45, 2.75) is 13.3 Å². The van der Waals surface area contributed by atoms with E-state index >= 15 is 0 Å². The smallest absolute Gasteiger partial charge is 0.164 e. The quantitative estimate of drug-likeness (QED) is 0.641. The Kier molecular flexibility index (Phi) is 3.95. The van der Waals surface area contributed by atoms with Crippen LogP contribution in [0.5, 0.6) is 0 Å². The third-order valence-electron chi connectivity index (χ3n) is 3.18. The van der Waals surface area contributed by atoms with Gasteiger partial charge in [0, 0.05) is 18.5 Å². The van der Waals surface area contributed by atoms with Crippen molar-refractivity contribution in [1.29, 1.82) is 0 Å². The fraction of sp³-hybridized carbons (Fsp3) is 0.200. The van der Waals surface area contributed by atoms with Crippen molar-refractivity contribution in [3.63, 3.8) is 0 Å². The standard InChI is InChI=1S/C15H12BrClFN3/c1-9-6-13-15(19-8-9)21(14(20-13)4-5-17)10-2-3-12(18)11(16)7-10/h2-3,6-8H,4-5H2,1H3. The highest BCUT2D eigenvalue weighted by atomic mass is 79.9. The lowest BCUT2D eigenvalue weighted by molar-refractivity contribution is 0.620. The van der Waals surface area contributed by atoms with Gasteiger partial charge in [-0.05, 0) is 52.7 Å². The molecule has 0 aliphatic heterocycles. The van der Waals surface area contributed by atoms with Crippen molar-refractivity contribution in [3.8, 4) is 5.69 Å². The number of pyridine rings is 1. The molecule has 3 aromatic rings. The van der Waals surface area contributed by atoms with Crippen molar-refractivity contribution in [2.75, 3.05) is 5.88 Å². The van der Waals surface area contributed by atoms with Gasteiger partial charge in [0.1, 0.15) is 17.2 Å². The number of alkyl halides is 1. The lowest BCUT2D eigenvalue weighted by atomic mass is 10.3. The number of benzene rings is 1. The molecule has 2 aromatic heterocycles. The average molecular weight is 369 g/mol. The molecule has 2 heterocycles. The molecule has 21 heavy (non-hydrogen) atoms. The summed E-state index contributed by atoms with van der Waals surface area (Å²) in [7, 11) is 0. The maximum absolute atomic E-state index is 13.4. The Bertz CT molecular complexity index is 816. The Balaban J connectivity index is 2.27. The van der Waals surface area contributed by atoms with Gasteiger partial charge in [-0.3, -0.25) is 4.57 Å². The van der Waals surface area contributed by atoms with Gasteiger partial charge < -0.3 is 0 Å². The minimum Gasteiger partial charge on any atom is -0.281 e. The molecule has 0 atom stereocenters. The number of rotatable bonds is 3. The Morgan fingerprint density at radius 1 is 1.33 bits per heavy atom. The molecule has 108 valence electrons. The summed E-state index contributed by atoms with van der Waals surface area (Å²) < 4.78 is 15.8. The second-order valence-corrected chi connectivity index (χ2v) is 5.99. The van der Waals surface area contributed by atoms with E-state index in [1.54, 1.807) is 18.3 Å². The SMILES string of the molecule is Cc1cnc2c(c1)nc(CCCl)n2-c1ccc(F)c(Br)c1. The maximum Gasteiger partial charge on any atom is 0.164 e. The fourth-order valence-electron chi connectivity index (χ4n) is 2.26. The van der Waals surface area contributed by atoms with Crippen molar-refractivity contribution in [2.24, 2.45) is 0 Å². The van der Waals surface area contributed by atoms with Gasteiger partial charge in [0.15, 0.2) is 5.65 Å². The predicted octanol–water partition coefficient (Wildman–Crippen LogP) is 4.41. The van der Waals surface area contributed by atoms with Gasteiger partial charge in [-0.25, -0.2) is 14.4 Å². The van der Waals surface area contributed by atoms with Crippen LogP contribution >= 0.6 is 27.5 Å². The summed E-state index contributed by atoms with van der Waals surface area (Å²) in [5.74, 6) is 0.979. The summed E-state index contributed by atoms with van der Waals surface area (Å²) in [5, 5.41) is 0. The summed E-state index contributed by atoms with van der Waals surface area (Å²) in [4.78, 5) is 9.06. The normalized spacial score (nSPS) is 11.2. The van der Waals surface area contributed by atoms with Gasteiger partial charge in [0.2, 0.25) is 0 Å². The lowest BCUT2D eigenvalue weighted by Gasteiger charge is -2.09. The van der Waals surface area contributed by atoms with Gasteiger partial charge in [-0.1, -0.05) is 0 Å². The van der Waals surface area contributed by atoms with Crippen LogP contribution in [0.15, 0.2) is 34.9 Å². The first-order valence-electron chi connectivity index (χ1n) is 6.45. The summed E-state index contributed by atoms with van der Waals surface area (Å²) >= 11 is 9.08. The van der Waals surface area contributed by atoms with Crippen LogP contribution in [0.1, 0.15) is 11.4 Å². The van der Waals surface area contributed by atoms with Crippen LogP contribution in [0, 0.1) is 12.7 Å². The number of fused-ring (bicyclic) bond motifs is 1. The largest absolute Gasteiger partial charge is 0.281 e. The molecule has 0 aliphatic rings. The molecular formula is C15H12BrClFN3. The van der Waals surface area contributed by atoms with Crippen molar-refractivity contribution in [3.05, 3.63) is 52.1 Å². The predicted molar refractivity (Wildman–Crippen MR) is 85.7 cm³/mol. The first kappa shape index (κ1) is 14.5. The highest BCUT2D eigenvalue weighted by Crippen LogP contribution is 2.25. The van der Waals surface area contributed by atoms with E-state index in [1.807, 2.05) is 17.6 Å². The molecular weight excluding hydrogens is 357 g/mol. The Morgan fingerprint density at radius 2 is 2.14 bits per heavy atom. The zero-order valence-corrected chi connectivity index (χ0v) is 13.6. The van der Waals surface area contributed by atoms with Gasteiger partial charge in [-0.2, -0.15) is 0 Å². The molecule has 0 unspecified atom stereocenters. The Hall–Kier alpha value is -1.46. The van der Waals surface area contributed by atoms with E-state index in [9.17, 15) is 4.39 Å². The van der Waals surface area contributed by atoms with E-state index in [1.165, 1.54) is 6.07 Å². The number of hydrogen-bond acceptors (Lipinski definition) is 2. The molecule has 0 aliphatic carbocycles. The number of imidazole rings is 1. The maximum atomic E-state index is 13.4. The van der Waals surface area contributed by atoms with Gasteiger partial charge >= 0.3 is 0 Å². The van der Waals surface area contributed by atoms with Gasteiger partial charge in [0.05, 0.1) is 10.2 Å². The topological polar surface area (TPSA) is 30.7 Å². The molecule has 3 rings (SSSR count). The van der Waals surface area contributed by atoms with Crippen LogP contribution in [0.2, 0.25) is 0 Å². The van der Waals surface area contributed by atoms with Crippen LogP contribution in [0.4, 0.5) is 4.39 Å². The first-order valence-corrected chi connectivity index (χ1v) is 7.78. The zero-order valence-electron chi connectivity index (χ0n) is 11.3. The number of aromatic nitrogens is 3. The first-order chi connectivity index (χ1) is 10.1. The highest BCUT2D eigenvalue weighted by Gasteiger charge is 2.14. The molecule has 3 nitrogen and oxygen atoms in total. The number of hydrogen-bond donors (Lipinski definition) is 0. The summed E-state index contributed by atoms with van der Waals surface area (Å²) in [5.41, 5.74) is 3.42. The second-order valence-electron chi connectivity index (χ2n) is 4.76. The lowest BCUT2D eigenvalue weighted by Crippen LogP contribution is -2.03. The molecule has 0 N–H and O–H groups in total. The molecule has 0 spiro atoms. The number of halogens is 3. The number of aryl methyl sites for hydroxylation is 2. The van der Waals surface area contributed by atoms with Crippen LogP contribution in [-0.2, 0) is 6.42 Å². The summed E-state index contributed by atoms with van der Waals surface area (Å²) in [6, 6.07) is 6.83. The second kappa shape index (κ2) is 5.73. The third kappa shape index (κ3) is 2.68. The molecule has 0 saturated carbocycles. The molecule has 0 bridgehead atoms. The molecule has 1 aromatic carbocycles. The zero-order chi connectivity index (χ0) is 15.0.